The van der Waals surface area contributed by atoms with Crippen molar-refractivity contribution in [3.63, 3.8) is 0 Å². The highest BCUT2D eigenvalue weighted by atomic mass is 35.5. The molecular weight excluding hydrogens is 1020 g/mol. The van der Waals surface area contributed by atoms with E-state index >= 15 is 0 Å². The number of rotatable bonds is 18. The molecule has 0 saturated carbocycles. The molecule has 7 N–H and O–H groups in total. The maximum absolute atomic E-state index is 13.1. The molecule has 5 aromatic carbocycles. The Kier molecular flexibility index (Phi) is 29.1. The Morgan fingerprint density at radius 3 is 1.21 bits per heavy atom. The molecule has 20 heteroatoms. The normalized spacial score (nSPS) is 11.9. The van der Waals surface area contributed by atoms with Crippen LogP contribution in [-0.4, -0.2) is 64.6 Å². The summed E-state index contributed by atoms with van der Waals surface area (Å²) in [5.74, 6) is -3.83. The summed E-state index contributed by atoms with van der Waals surface area (Å²) in [4.78, 5) is 73.6. The Morgan fingerprint density at radius 1 is 0.537 bits per heavy atom. The Hall–Kier alpha value is -4.20. The first-order valence-electron chi connectivity index (χ1n) is 19.7. The standard InChI is InChI=1S/C27H26Cl2N2O4.C20H20Cl2N2O4.4H2S/c1-17(30)24(32)13-12-23(27(34)35-16-18-8-4-2-5-9-18)31-26(33)25-21(28)14-20(15-22(25)29)19-10-6-3-7-11-19;1-11(23)17(25)8-7-16(20(27)28)24-19(26)18-14(21)9-13(10-15(18)22)12-5-3-2-4-6-12;;;;/h2-11,14-15,17,23H,12-13,16,30H2,1H3,(H,31,33);2-6,9-11,16H,7-8,23H2,1H3,(H,24,26)(H,27,28);4*1H2/t17-,23-;11-,16-;;;;/m00..../s1. The van der Waals surface area contributed by atoms with Gasteiger partial charge >= 0.3 is 11.9 Å². The number of amides is 2. The van der Waals surface area contributed by atoms with Crippen LogP contribution in [0.4, 0.5) is 0 Å². The van der Waals surface area contributed by atoms with Crippen LogP contribution in [-0.2, 0) is 30.5 Å². The van der Waals surface area contributed by atoms with Crippen molar-refractivity contribution in [1.29, 1.82) is 0 Å². The van der Waals surface area contributed by atoms with Gasteiger partial charge in [0.15, 0.2) is 0 Å². The molecule has 4 atom stereocenters. The molecule has 0 aliphatic rings. The van der Waals surface area contributed by atoms with Gasteiger partial charge in [0.2, 0.25) is 0 Å². The zero-order valence-corrected chi connectivity index (χ0v) is 43.3. The van der Waals surface area contributed by atoms with Crippen molar-refractivity contribution in [2.75, 3.05) is 0 Å². The molecule has 0 aliphatic heterocycles. The van der Waals surface area contributed by atoms with Crippen molar-refractivity contribution < 1.29 is 38.6 Å². The molecule has 0 spiro atoms. The lowest BCUT2D eigenvalue weighted by Gasteiger charge is -2.19. The van der Waals surface area contributed by atoms with Gasteiger partial charge in [0, 0.05) is 12.8 Å². The average molecular weight is 1070 g/mol. The van der Waals surface area contributed by atoms with Gasteiger partial charge in [-0.1, -0.05) is 137 Å². The summed E-state index contributed by atoms with van der Waals surface area (Å²) in [6.45, 7) is 3.11. The number of nitrogens with two attached hydrogens (primary N) is 2. The molecule has 0 unspecified atom stereocenters. The topological polar surface area (TPSA) is 208 Å². The average Bonchev–Trinajstić information content (AvgIpc) is 3.25. The van der Waals surface area contributed by atoms with E-state index < -0.39 is 47.9 Å². The molecule has 5 aromatic rings. The second-order valence-electron chi connectivity index (χ2n) is 14.4. The number of carbonyl (C=O) groups excluding carboxylic acids is 5. The van der Waals surface area contributed by atoms with Crippen molar-refractivity contribution in [3.05, 3.63) is 152 Å². The van der Waals surface area contributed by atoms with E-state index in [1.54, 1.807) is 31.2 Å². The monoisotopic (exact) mass is 1070 g/mol. The van der Waals surface area contributed by atoms with Crippen LogP contribution in [0.1, 0.15) is 65.8 Å². The van der Waals surface area contributed by atoms with E-state index in [9.17, 15) is 33.9 Å². The Morgan fingerprint density at radius 2 is 0.866 bits per heavy atom. The molecular formula is C47H54Cl4N4O8S4. The lowest BCUT2D eigenvalue weighted by Crippen LogP contribution is -2.43. The molecule has 0 radical (unpaired) electrons. The van der Waals surface area contributed by atoms with Gasteiger partial charge in [-0.2, -0.15) is 54.0 Å². The number of carboxylic acids is 1. The van der Waals surface area contributed by atoms with Crippen LogP contribution in [0.5, 0.6) is 0 Å². The number of hydrogen-bond donors (Lipinski definition) is 5. The molecule has 0 aromatic heterocycles. The number of ether oxygens (including phenoxy) is 1. The van der Waals surface area contributed by atoms with Crippen LogP contribution in [0.25, 0.3) is 22.3 Å². The van der Waals surface area contributed by atoms with Crippen molar-refractivity contribution >= 4 is 136 Å². The summed E-state index contributed by atoms with van der Waals surface area (Å²) in [5.41, 5.74) is 15.2. The van der Waals surface area contributed by atoms with Gasteiger partial charge in [0.05, 0.1) is 43.3 Å². The lowest BCUT2D eigenvalue weighted by atomic mass is 10.0. The summed E-state index contributed by atoms with van der Waals surface area (Å²) >= 11 is 25.3. The summed E-state index contributed by atoms with van der Waals surface area (Å²) < 4.78 is 5.40. The van der Waals surface area contributed by atoms with Gasteiger partial charge in [0.25, 0.3) is 11.8 Å². The number of benzene rings is 5. The van der Waals surface area contributed by atoms with Crippen LogP contribution in [0.3, 0.4) is 0 Å². The van der Waals surface area contributed by atoms with Crippen molar-refractivity contribution in [1.82, 2.24) is 10.6 Å². The van der Waals surface area contributed by atoms with Gasteiger partial charge in [-0.3, -0.25) is 19.2 Å². The molecule has 0 aliphatic carbocycles. The van der Waals surface area contributed by atoms with Crippen LogP contribution >= 0.6 is 100 Å². The van der Waals surface area contributed by atoms with Crippen LogP contribution in [0.2, 0.25) is 20.1 Å². The van der Waals surface area contributed by atoms with Gasteiger partial charge in [-0.15, -0.1) is 0 Å². The number of carboxylic acid groups (broad SMARTS) is 1. The summed E-state index contributed by atoms with van der Waals surface area (Å²) in [6.07, 6.45) is -0.128. The molecule has 0 bridgehead atoms. The third-order valence-electron chi connectivity index (χ3n) is 9.54. The van der Waals surface area contributed by atoms with E-state index in [4.69, 9.17) is 62.6 Å². The Bertz CT molecular complexity index is 2380. The summed E-state index contributed by atoms with van der Waals surface area (Å²) in [6, 6.07) is 30.6. The second-order valence-corrected chi connectivity index (χ2v) is 16.1. The van der Waals surface area contributed by atoms with Gasteiger partial charge < -0.3 is 31.9 Å². The third kappa shape index (κ3) is 19.4. The zero-order chi connectivity index (χ0) is 46.2. The van der Waals surface area contributed by atoms with E-state index in [0.717, 1.165) is 27.8 Å². The highest BCUT2D eigenvalue weighted by Gasteiger charge is 2.28. The number of halogens is 4. The predicted octanol–water partition coefficient (Wildman–Crippen LogP) is 9.19. The van der Waals surface area contributed by atoms with Gasteiger partial charge in [-0.05, 0) is 78.8 Å². The molecule has 12 nitrogen and oxygen atoms in total. The predicted molar refractivity (Wildman–Crippen MR) is 287 cm³/mol. The smallest absolute Gasteiger partial charge is 0.328 e. The summed E-state index contributed by atoms with van der Waals surface area (Å²) in [7, 11) is 0. The minimum absolute atomic E-state index is 0. The lowest BCUT2D eigenvalue weighted by molar-refractivity contribution is -0.147. The van der Waals surface area contributed by atoms with Crippen molar-refractivity contribution in [2.45, 2.75) is 70.3 Å². The van der Waals surface area contributed by atoms with Gasteiger partial charge in [0.1, 0.15) is 30.3 Å². The minimum atomic E-state index is -1.27. The van der Waals surface area contributed by atoms with E-state index in [1.165, 1.54) is 6.92 Å². The van der Waals surface area contributed by atoms with Crippen LogP contribution in [0, 0.1) is 0 Å². The maximum atomic E-state index is 13.1. The summed E-state index contributed by atoms with van der Waals surface area (Å²) in [5, 5.41) is 14.8. The number of ketones is 2. The van der Waals surface area contributed by atoms with Crippen molar-refractivity contribution in [3.8, 4) is 22.3 Å². The Labute approximate surface area is 438 Å². The highest BCUT2D eigenvalue weighted by Crippen LogP contribution is 2.33. The molecule has 0 fully saturated rings. The molecule has 5 rings (SSSR count). The first-order chi connectivity index (χ1) is 30.0. The highest BCUT2D eigenvalue weighted by molar-refractivity contribution is 7.59. The molecule has 0 saturated heterocycles. The SMILES string of the molecule is C[C@H](N)C(=O)CC[C@H](NC(=O)c1c(Cl)cc(-c2ccccc2)cc1Cl)C(=O)O.C[C@H](N)C(=O)CC[C@H](NC(=O)c1c(Cl)cc(-c2ccccc2)cc1Cl)C(=O)OCc1ccccc1.S.S.S.S. The van der Waals surface area contributed by atoms with Gasteiger partial charge in [-0.25, -0.2) is 9.59 Å². The second kappa shape index (κ2) is 31.0. The quantitative estimate of drug-likeness (QED) is 0.0526. The van der Waals surface area contributed by atoms with E-state index in [0.29, 0.717) is 0 Å². The van der Waals surface area contributed by atoms with Crippen molar-refractivity contribution in [2.24, 2.45) is 11.5 Å². The number of carbonyl (C=O) groups is 6. The zero-order valence-electron chi connectivity index (χ0n) is 36.3. The third-order valence-corrected chi connectivity index (χ3v) is 10.7. The number of esters is 1. The minimum Gasteiger partial charge on any atom is -0.480 e. The molecule has 2 amide bonds. The fraction of sp³-hybridized carbons (Fsp3) is 0.234. The number of nitrogens with one attached hydrogen (secondary N) is 2. The molecule has 362 valence electrons. The Balaban J connectivity index is 0.00000125. The first kappa shape index (κ1) is 62.8. The van der Waals surface area contributed by atoms with Crippen LogP contribution < -0.4 is 22.1 Å². The van der Waals surface area contributed by atoms with E-state index in [2.05, 4.69) is 10.6 Å². The van der Waals surface area contributed by atoms with E-state index in [1.807, 2.05) is 91.0 Å². The fourth-order valence-corrected chi connectivity index (χ4v) is 7.32. The maximum Gasteiger partial charge on any atom is 0.328 e. The number of aliphatic carboxylic acids is 1. The first-order valence-corrected chi connectivity index (χ1v) is 21.2. The largest absolute Gasteiger partial charge is 0.480 e. The molecule has 67 heavy (non-hydrogen) atoms. The van der Waals surface area contributed by atoms with E-state index in [-0.39, 0.29) is 129 Å². The molecule has 0 heterocycles. The van der Waals surface area contributed by atoms with Crippen LogP contribution in [0.15, 0.2) is 115 Å². The number of Topliss-reactive ketones (excluding diaryl/α,β-unsaturated/α-hetero) is 2. The fourth-order valence-electron chi connectivity index (χ4n) is 6.00. The number of hydrogen-bond acceptors (Lipinski definition) is 9.